The number of methoxy groups -OCH3 is 2. The number of nitrogens with zero attached hydrogens (tertiary/aromatic N) is 3. The van der Waals surface area contributed by atoms with Crippen LogP contribution in [0.15, 0.2) is 60.9 Å². The van der Waals surface area contributed by atoms with Crippen LogP contribution in [0.3, 0.4) is 0 Å². The van der Waals surface area contributed by atoms with E-state index in [1.807, 2.05) is 42.7 Å². The van der Waals surface area contributed by atoms with Crippen molar-refractivity contribution in [3.8, 4) is 33.9 Å². The Kier molecular flexibility index (Phi) is 4.76. The first-order chi connectivity index (χ1) is 13.7. The van der Waals surface area contributed by atoms with E-state index in [2.05, 4.69) is 33.5 Å². The highest BCUT2D eigenvalue weighted by Crippen LogP contribution is 2.36. The molecule has 2 aromatic heterocycles. The molecule has 2 heterocycles. The number of benzene rings is 2. The predicted octanol–water partition coefficient (Wildman–Crippen LogP) is 4.42. The maximum absolute atomic E-state index is 5.47. The smallest absolute Gasteiger partial charge is 0.223 e. The summed E-state index contributed by atoms with van der Waals surface area (Å²) < 4.78 is 10.9. The lowest BCUT2D eigenvalue weighted by atomic mass is 10.0. The Bertz CT molecular complexity index is 1130. The minimum absolute atomic E-state index is 0.528. The van der Waals surface area contributed by atoms with Gasteiger partial charge < -0.3 is 14.8 Å². The van der Waals surface area contributed by atoms with Gasteiger partial charge in [-0.05, 0) is 17.7 Å². The first kappa shape index (κ1) is 17.7. The molecule has 4 rings (SSSR count). The summed E-state index contributed by atoms with van der Waals surface area (Å²) in [6.45, 7) is 0. The van der Waals surface area contributed by atoms with Crippen LogP contribution in [0.2, 0.25) is 0 Å². The van der Waals surface area contributed by atoms with Crippen molar-refractivity contribution in [2.45, 2.75) is 0 Å². The van der Waals surface area contributed by atoms with Crippen molar-refractivity contribution in [2.75, 3.05) is 26.6 Å². The first-order valence-corrected chi connectivity index (χ1v) is 8.86. The van der Waals surface area contributed by atoms with Crippen molar-refractivity contribution in [2.24, 2.45) is 0 Å². The van der Waals surface area contributed by atoms with Crippen molar-refractivity contribution >= 4 is 16.9 Å². The van der Waals surface area contributed by atoms with E-state index in [4.69, 9.17) is 14.5 Å². The average molecular weight is 372 g/mol. The normalized spacial score (nSPS) is 10.7. The highest BCUT2D eigenvalue weighted by molar-refractivity contribution is 5.95. The minimum Gasteiger partial charge on any atom is -0.493 e. The van der Waals surface area contributed by atoms with Gasteiger partial charge in [-0.2, -0.15) is 0 Å². The number of rotatable bonds is 5. The van der Waals surface area contributed by atoms with Crippen molar-refractivity contribution in [1.82, 2.24) is 15.0 Å². The van der Waals surface area contributed by atoms with E-state index in [9.17, 15) is 0 Å². The summed E-state index contributed by atoms with van der Waals surface area (Å²) in [6, 6.07) is 16.0. The Morgan fingerprint density at radius 2 is 1.50 bits per heavy atom. The Morgan fingerprint density at radius 1 is 0.786 bits per heavy atom. The molecule has 0 aliphatic rings. The molecule has 4 aromatic rings. The van der Waals surface area contributed by atoms with E-state index in [1.54, 1.807) is 21.3 Å². The second kappa shape index (κ2) is 7.52. The van der Waals surface area contributed by atoms with Gasteiger partial charge in [-0.3, -0.25) is 4.98 Å². The van der Waals surface area contributed by atoms with Crippen LogP contribution in [0.5, 0.6) is 11.5 Å². The van der Waals surface area contributed by atoms with Gasteiger partial charge >= 0.3 is 0 Å². The van der Waals surface area contributed by atoms with E-state index in [-0.39, 0.29) is 0 Å². The third-order valence-electron chi connectivity index (χ3n) is 4.54. The molecule has 0 atom stereocenters. The van der Waals surface area contributed by atoms with Gasteiger partial charge in [-0.25, -0.2) is 9.97 Å². The average Bonchev–Trinajstić information content (AvgIpc) is 2.77. The molecule has 0 saturated heterocycles. The van der Waals surface area contributed by atoms with Crippen molar-refractivity contribution in [3.05, 3.63) is 60.9 Å². The summed E-state index contributed by atoms with van der Waals surface area (Å²) in [5.74, 6) is 1.78. The number of ether oxygens (including phenoxy) is 2. The van der Waals surface area contributed by atoms with E-state index in [1.165, 1.54) is 0 Å². The molecule has 0 aliphatic heterocycles. The summed E-state index contributed by atoms with van der Waals surface area (Å²) in [5, 5.41) is 3.89. The molecule has 140 valence electrons. The number of pyridine rings is 1. The number of hydrogen-bond donors (Lipinski definition) is 1. The zero-order valence-electron chi connectivity index (χ0n) is 15.9. The summed E-state index contributed by atoms with van der Waals surface area (Å²) in [7, 11) is 5.02. The second-order valence-electron chi connectivity index (χ2n) is 6.20. The van der Waals surface area contributed by atoms with Gasteiger partial charge in [-0.1, -0.05) is 30.3 Å². The van der Waals surface area contributed by atoms with Gasteiger partial charge in [-0.15, -0.1) is 0 Å². The SMILES string of the molecule is CNc1nc(-c2cncc(-c3ccccc3)c2)c2cc(OC)c(OC)cc2n1. The Balaban J connectivity index is 1.95. The molecule has 2 aromatic carbocycles. The molecule has 0 bridgehead atoms. The van der Waals surface area contributed by atoms with Gasteiger partial charge in [0.25, 0.3) is 0 Å². The van der Waals surface area contributed by atoms with Crippen LogP contribution in [-0.2, 0) is 0 Å². The van der Waals surface area contributed by atoms with E-state index in [0.717, 1.165) is 33.3 Å². The number of hydrogen-bond acceptors (Lipinski definition) is 6. The minimum atomic E-state index is 0.528. The van der Waals surface area contributed by atoms with Gasteiger partial charge in [0.15, 0.2) is 11.5 Å². The summed E-state index contributed by atoms with van der Waals surface area (Å²) in [6.07, 6.45) is 3.66. The fourth-order valence-electron chi connectivity index (χ4n) is 3.15. The monoisotopic (exact) mass is 372 g/mol. The van der Waals surface area contributed by atoms with E-state index < -0.39 is 0 Å². The quantitative estimate of drug-likeness (QED) is 0.559. The Morgan fingerprint density at radius 3 is 2.21 bits per heavy atom. The van der Waals surface area contributed by atoms with E-state index >= 15 is 0 Å². The molecule has 0 spiro atoms. The van der Waals surface area contributed by atoms with Crippen LogP contribution in [-0.4, -0.2) is 36.2 Å². The molecule has 0 radical (unpaired) electrons. The third-order valence-corrected chi connectivity index (χ3v) is 4.54. The molecular weight excluding hydrogens is 352 g/mol. The molecule has 0 unspecified atom stereocenters. The largest absolute Gasteiger partial charge is 0.493 e. The summed E-state index contributed by atoms with van der Waals surface area (Å²) >= 11 is 0. The zero-order valence-corrected chi connectivity index (χ0v) is 15.9. The van der Waals surface area contributed by atoms with Crippen LogP contribution in [0.4, 0.5) is 5.95 Å². The maximum atomic E-state index is 5.47. The van der Waals surface area contributed by atoms with Crippen molar-refractivity contribution in [3.63, 3.8) is 0 Å². The molecule has 6 nitrogen and oxygen atoms in total. The number of aromatic nitrogens is 3. The van der Waals surface area contributed by atoms with Crippen molar-refractivity contribution in [1.29, 1.82) is 0 Å². The van der Waals surface area contributed by atoms with Gasteiger partial charge in [0.1, 0.15) is 0 Å². The fourth-order valence-corrected chi connectivity index (χ4v) is 3.15. The lowest BCUT2D eigenvalue weighted by molar-refractivity contribution is 0.356. The fraction of sp³-hybridized carbons (Fsp3) is 0.136. The molecule has 0 fully saturated rings. The lowest BCUT2D eigenvalue weighted by Gasteiger charge is -2.13. The number of nitrogens with one attached hydrogen (secondary N) is 1. The highest BCUT2D eigenvalue weighted by Gasteiger charge is 2.15. The second-order valence-corrected chi connectivity index (χ2v) is 6.20. The maximum Gasteiger partial charge on any atom is 0.223 e. The number of anilines is 1. The van der Waals surface area contributed by atoms with Gasteiger partial charge in [0, 0.05) is 42.0 Å². The van der Waals surface area contributed by atoms with Crippen LogP contribution in [0.25, 0.3) is 33.3 Å². The molecule has 0 aliphatic carbocycles. The highest BCUT2D eigenvalue weighted by atomic mass is 16.5. The predicted molar refractivity (Wildman–Crippen MR) is 111 cm³/mol. The van der Waals surface area contributed by atoms with Gasteiger partial charge in [0.05, 0.1) is 25.4 Å². The van der Waals surface area contributed by atoms with Crippen LogP contribution < -0.4 is 14.8 Å². The molecule has 1 N–H and O–H groups in total. The summed E-state index contributed by atoms with van der Waals surface area (Å²) in [5.41, 5.74) is 4.56. The van der Waals surface area contributed by atoms with Crippen LogP contribution in [0, 0.1) is 0 Å². The molecule has 28 heavy (non-hydrogen) atoms. The number of fused-ring (bicyclic) bond motifs is 1. The van der Waals surface area contributed by atoms with E-state index in [0.29, 0.717) is 17.4 Å². The molecule has 0 amide bonds. The Labute approximate surface area is 163 Å². The van der Waals surface area contributed by atoms with Crippen molar-refractivity contribution < 1.29 is 9.47 Å². The third kappa shape index (κ3) is 3.20. The Hall–Kier alpha value is -3.67. The molecule has 0 saturated carbocycles. The zero-order chi connectivity index (χ0) is 19.5. The molecule has 6 heteroatoms. The van der Waals surface area contributed by atoms with Crippen LogP contribution in [0.1, 0.15) is 0 Å². The standard InChI is InChI=1S/C22H20N4O2/c1-23-22-25-18-11-20(28-3)19(27-2)10-17(18)21(26-22)16-9-15(12-24-13-16)14-7-5-4-6-8-14/h4-13H,1-3H3,(H,23,25,26). The summed E-state index contributed by atoms with van der Waals surface area (Å²) in [4.78, 5) is 13.7. The lowest BCUT2D eigenvalue weighted by Crippen LogP contribution is -2.00. The topological polar surface area (TPSA) is 69.2 Å². The first-order valence-electron chi connectivity index (χ1n) is 8.86. The van der Waals surface area contributed by atoms with Gasteiger partial charge in [0.2, 0.25) is 5.95 Å². The van der Waals surface area contributed by atoms with Crippen LogP contribution >= 0.6 is 0 Å². The molecular formula is C22H20N4O2.